The molecule has 0 aromatic carbocycles. The quantitative estimate of drug-likeness (QED) is 0.528. The molecule has 29 heavy (non-hydrogen) atoms. The molecule has 1 fully saturated rings. The molecule has 0 saturated carbocycles. The van der Waals surface area contributed by atoms with Gasteiger partial charge in [-0.15, -0.1) is 0 Å². The van der Waals surface area contributed by atoms with Gasteiger partial charge in [0.05, 0.1) is 22.4 Å². The summed E-state index contributed by atoms with van der Waals surface area (Å²) in [4.78, 5) is 32.3. The number of hydrogen-bond acceptors (Lipinski definition) is 6. The van der Waals surface area contributed by atoms with Crippen LogP contribution in [0, 0.1) is 6.92 Å². The number of hydrogen-bond donors (Lipinski definition) is 1. The zero-order valence-corrected chi connectivity index (χ0v) is 17.3. The Bertz CT molecular complexity index is 1120. The number of nitrogens with zero attached hydrogens (tertiary/aromatic N) is 5. The van der Waals surface area contributed by atoms with Gasteiger partial charge >= 0.3 is 0 Å². The third-order valence-corrected chi connectivity index (χ3v) is 5.44. The van der Waals surface area contributed by atoms with E-state index in [2.05, 4.69) is 29.7 Å². The highest BCUT2D eigenvalue weighted by Crippen LogP contribution is 2.25. The molecule has 1 saturated heterocycles. The van der Waals surface area contributed by atoms with Crippen LogP contribution in [0.5, 0.6) is 0 Å². The Kier molecular flexibility index (Phi) is 5.60. The number of nitrogens with one attached hydrogen (secondary N) is 1. The van der Waals surface area contributed by atoms with Gasteiger partial charge in [0.1, 0.15) is 0 Å². The summed E-state index contributed by atoms with van der Waals surface area (Å²) in [5.74, 6) is 0. The Morgan fingerprint density at radius 3 is 2.76 bits per heavy atom. The van der Waals surface area contributed by atoms with Gasteiger partial charge in [0.2, 0.25) is 0 Å². The van der Waals surface area contributed by atoms with Crippen molar-refractivity contribution in [2.45, 2.75) is 13.5 Å². The van der Waals surface area contributed by atoms with E-state index in [4.69, 9.17) is 11.6 Å². The first kappa shape index (κ1) is 19.5. The van der Waals surface area contributed by atoms with Crippen molar-refractivity contribution < 1.29 is 0 Å². The van der Waals surface area contributed by atoms with Crippen LogP contribution in [-0.2, 0) is 6.54 Å². The number of rotatable bonds is 4. The van der Waals surface area contributed by atoms with Crippen molar-refractivity contribution in [3.05, 3.63) is 62.8 Å². The van der Waals surface area contributed by atoms with Gasteiger partial charge in [0.15, 0.2) is 5.15 Å². The second-order valence-corrected chi connectivity index (χ2v) is 7.61. The molecule has 0 atom stereocenters. The lowest BCUT2D eigenvalue weighted by Crippen LogP contribution is -2.46. The molecule has 0 unspecified atom stereocenters. The highest BCUT2D eigenvalue weighted by Gasteiger charge is 2.20. The third kappa shape index (κ3) is 4.31. The van der Waals surface area contributed by atoms with E-state index in [0.29, 0.717) is 10.7 Å². The van der Waals surface area contributed by atoms with Crippen molar-refractivity contribution in [1.82, 2.24) is 19.9 Å². The summed E-state index contributed by atoms with van der Waals surface area (Å²) < 4.78 is 0. The van der Waals surface area contributed by atoms with E-state index in [1.807, 2.05) is 30.5 Å². The van der Waals surface area contributed by atoms with Gasteiger partial charge in [-0.3, -0.25) is 19.7 Å². The lowest BCUT2D eigenvalue weighted by Gasteiger charge is -2.36. The van der Waals surface area contributed by atoms with Gasteiger partial charge in [-0.05, 0) is 36.8 Å². The molecule has 0 bridgehead atoms. The molecular weight excluding hydrogens is 388 g/mol. The van der Waals surface area contributed by atoms with E-state index in [1.165, 1.54) is 0 Å². The summed E-state index contributed by atoms with van der Waals surface area (Å²) in [7, 11) is 1.71. The topological polar surface area (TPSA) is 77.5 Å². The first-order chi connectivity index (χ1) is 14.0. The van der Waals surface area contributed by atoms with Crippen LogP contribution in [0.1, 0.15) is 16.8 Å². The third-order valence-electron chi connectivity index (χ3n) is 5.17. The summed E-state index contributed by atoms with van der Waals surface area (Å²) in [6.45, 7) is 6.16. The smallest absolute Gasteiger partial charge is 0.251 e. The van der Waals surface area contributed by atoms with Gasteiger partial charge in [-0.25, -0.2) is 4.98 Å². The molecule has 7 nitrogen and oxygen atoms in total. The van der Waals surface area contributed by atoms with E-state index in [9.17, 15) is 4.79 Å². The predicted molar refractivity (Wildman–Crippen MR) is 117 cm³/mol. The normalized spacial score (nSPS) is 15.5. The van der Waals surface area contributed by atoms with Crippen LogP contribution < -0.4 is 10.5 Å². The highest BCUT2D eigenvalue weighted by atomic mass is 35.5. The standard InChI is InChI=1S/C21H23ClN6O/c1-14-9-17-18(26-21(14)29)10-15(11-24-17)13-27-5-7-28(8-6-27)19-4-3-16(12-23-2)25-20(19)22/h3-4,9-12H,5-8,13H2,1-2H3,(H,26,29)/b23-12-. The van der Waals surface area contributed by atoms with Crippen LogP contribution in [0.3, 0.4) is 0 Å². The second kappa shape index (κ2) is 8.31. The van der Waals surface area contributed by atoms with E-state index < -0.39 is 0 Å². The molecule has 8 heteroatoms. The van der Waals surface area contributed by atoms with Crippen LogP contribution in [0.4, 0.5) is 5.69 Å². The van der Waals surface area contributed by atoms with Crippen molar-refractivity contribution in [2.75, 3.05) is 38.1 Å². The minimum absolute atomic E-state index is 0.0632. The zero-order chi connectivity index (χ0) is 20.4. The molecule has 150 valence electrons. The lowest BCUT2D eigenvalue weighted by atomic mass is 10.2. The predicted octanol–water partition coefficient (Wildman–Crippen LogP) is 2.65. The van der Waals surface area contributed by atoms with Crippen molar-refractivity contribution in [2.24, 2.45) is 4.99 Å². The maximum absolute atomic E-state index is 11.9. The van der Waals surface area contributed by atoms with Crippen LogP contribution in [0.25, 0.3) is 11.0 Å². The lowest BCUT2D eigenvalue weighted by molar-refractivity contribution is 0.249. The molecule has 1 N–H and O–H groups in total. The van der Waals surface area contributed by atoms with E-state index >= 15 is 0 Å². The fourth-order valence-corrected chi connectivity index (χ4v) is 3.88. The summed E-state index contributed by atoms with van der Waals surface area (Å²) in [5, 5.41) is 0.508. The number of pyridine rings is 3. The molecule has 4 heterocycles. The number of aromatic amines is 1. The number of H-pyrrole nitrogens is 1. The average molecular weight is 411 g/mol. The van der Waals surface area contributed by atoms with Crippen molar-refractivity contribution in [3.8, 4) is 0 Å². The van der Waals surface area contributed by atoms with E-state index in [0.717, 1.165) is 60.7 Å². The minimum Gasteiger partial charge on any atom is -0.366 e. The van der Waals surface area contributed by atoms with Gasteiger partial charge in [0, 0.05) is 57.7 Å². The first-order valence-corrected chi connectivity index (χ1v) is 9.96. The monoisotopic (exact) mass is 410 g/mol. The number of piperazine rings is 1. The van der Waals surface area contributed by atoms with E-state index in [-0.39, 0.29) is 5.56 Å². The molecule has 3 aromatic heterocycles. The van der Waals surface area contributed by atoms with Crippen LogP contribution >= 0.6 is 11.6 Å². The molecule has 0 radical (unpaired) electrons. The van der Waals surface area contributed by atoms with Crippen LogP contribution in [0.2, 0.25) is 5.15 Å². The van der Waals surface area contributed by atoms with Gasteiger partial charge < -0.3 is 9.88 Å². The largest absolute Gasteiger partial charge is 0.366 e. The number of aliphatic imine (C=N–C) groups is 1. The van der Waals surface area contributed by atoms with Crippen molar-refractivity contribution in [1.29, 1.82) is 0 Å². The number of anilines is 1. The minimum atomic E-state index is -0.0632. The first-order valence-electron chi connectivity index (χ1n) is 9.58. The van der Waals surface area contributed by atoms with Crippen LogP contribution in [-0.4, -0.2) is 59.3 Å². The molecular formula is C21H23ClN6O. The molecule has 0 aliphatic carbocycles. The summed E-state index contributed by atoms with van der Waals surface area (Å²) in [6, 6.07) is 7.79. The number of aryl methyl sites for hydroxylation is 1. The number of aromatic nitrogens is 3. The molecule has 0 amide bonds. The number of fused-ring (bicyclic) bond motifs is 1. The van der Waals surface area contributed by atoms with E-state index in [1.54, 1.807) is 20.2 Å². The molecule has 0 spiro atoms. The van der Waals surface area contributed by atoms with Crippen LogP contribution in [0.15, 0.2) is 40.2 Å². The molecule has 1 aliphatic heterocycles. The second-order valence-electron chi connectivity index (χ2n) is 7.25. The van der Waals surface area contributed by atoms with Gasteiger partial charge in [0.25, 0.3) is 5.56 Å². The fraction of sp³-hybridized carbons (Fsp3) is 0.333. The Hall–Kier alpha value is -2.77. The SMILES string of the molecule is C/N=C\c1ccc(N2CCN(Cc3cnc4cc(C)c(=O)[nH]c4c3)CC2)c(Cl)n1. The van der Waals surface area contributed by atoms with Gasteiger partial charge in [-0.2, -0.15) is 0 Å². The van der Waals surface area contributed by atoms with Crippen molar-refractivity contribution >= 4 is 34.5 Å². The molecule has 3 aromatic rings. The summed E-state index contributed by atoms with van der Waals surface area (Å²) >= 11 is 6.38. The zero-order valence-electron chi connectivity index (χ0n) is 16.5. The Labute approximate surface area is 174 Å². The van der Waals surface area contributed by atoms with Crippen molar-refractivity contribution in [3.63, 3.8) is 0 Å². The van der Waals surface area contributed by atoms with Gasteiger partial charge in [-0.1, -0.05) is 11.6 Å². The highest BCUT2D eigenvalue weighted by molar-refractivity contribution is 6.32. The maximum atomic E-state index is 11.9. The Balaban J connectivity index is 1.42. The maximum Gasteiger partial charge on any atom is 0.251 e. The summed E-state index contributed by atoms with van der Waals surface area (Å²) in [5.41, 5.74) is 5.02. The Morgan fingerprint density at radius 2 is 2.03 bits per heavy atom. The number of halogens is 1. The fourth-order valence-electron chi connectivity index (χ4n) is 3.60. The molecule has 1 aliphatic rings. The molecule has 4 rings (SSSR count). The Morgan fingerprint density at radius 1 is 1.24 bits per heavy atom. The summed E-state index contributed by atoms with van der Waals surface area (Å²) in [6.07, 6.45) is 3.58. The average Bonchev–Trinajstić information content (AvgIpc) is 2.70.